The van der Waals surface area contributed by atoms with Gasteiger partial charge in [-0.15, -0.1) is 0 Å². The molecule has 0 aliphatic rings. The Hall–Kier alpha value is 0.0674. The van der Waals surface area contributed by atoms with E-state index in [1.165, 1.54) is 0 Å². The van der Waals surface area contributed by atoms with E-state index in [1.54, 1.807) is 0 Å². The normalized spacial score (nSPS) is 10.8. The van der Waals surface area contributed by atoms with Gasteiger partial charge in [0.15, 0.2) is 0 Å². The van der Waals surface area contributed by atoms with Crippen LogP contribution in [0.25, 0.3) is 0 Å². The molecule has 0 bridgehead atoms. The number of carboxylic acid groups (broad SMARTS) is 1. The Labute approximate surface area is 99.6 Å². The number of carbonyl (C=O) groups excluding carboxylic acids is 1. The average Bonchev–Trinajstić information content (AvgIpc) is 2.05. The fourth-order valence-corrected chi connectivity index (χ4v) is 2.12. The number of carboxylic acids is 1. The summed E-state index contributed by atoms with van der Waals surface area (Å²) in [6.45, 7) is 6.09. The predicted molar refractivity (Wildman–Crippen MR) is 52.2 cm³/mol. The maximum absolute atomic E-state index is 11.1. The molecular weight excluding hydrogens is 171 g/mol. The fraction of sp³-hybridized carbons (Fsp3) is 0.909. The summed E-state index contributed by atoms with van der Waals surface area (Å²) in [6, 6.07) is 0. The van der Waals surface area contributed by atoms with E-state index in [9.17, 15) is 9.90 Å². The van der Waals surface area contributed by atoms with Crippen LogP contribution < -0.4 is 24.0 Å². The van der Waals surface area contributed by atoms with Crippen LogP contribution in [-0.2, 0) is 4.79 Å². The van der Waals surface area contributed by atoms with Crippen LogP contribution in [-0.4, -0.2) is 5.97 Å². The van der Waals surface area contributed by atoms with Gasteiger partial charge in [0.1, 0.15) is 0 Å². The number of aliphatic carboxylic acids is 1. The molecule has 14 heavy (non-hydrogen) atoms. The Bertz CT molecular complexity index is 140. The van der Waals surface area contributed by atoms with Crippen molar-refractivity contribution in [2.24, 2.45) is 5.41 Å². The van der Waals surface area contributed by atoms with Gasteiger partial charge in [-0.1, -0.05) is 40.0 Å². The molecule has 0 N–H and O–H groups in total. The fourth-order valence-electron chi connectivity index (χ4n) is 2.12. The van der Waals surface area contributed by atoms with Crippen molar-refractivity contribution in [2.75, 3.05) is 0 Å². The Morgan fingerprint density at radius 2 is 1.29 bits per heavy atom. The van der Waals surface area contributed by atoms with Crippen LogP contribution in [0.15, 0.2) is 0 Å². The number of hydrogen-bond acceptors (Lipinski definition) is 2. The second kappa shape index (κ2) is 8.38. The minimum Gasteiger partial charge on any atom is -0.550 e. The maximum atomic E-state index is 11.1. The van der Waals surface area contributed by atoms with E-state index >= 15 is 0 Å². The summed E-state index contributed by atoms with van der Waals surface area (Å²) in [5.74, 6) is -0.849. The molecule has 0 aliphatic heterocycles. The summed E-state index contributed by atoms with van der Waals surface area (Å²) in [5, 5.41) is 11.1. The van der Waals surface area contributed by atoms with Crippen LogP contribution in [0.2, 0.25) is 0 Å². The Kier molecular flexibility index (Phi) is 9.88. The van der Waals surface area contributed by atoms with Crippen LogP contribution in [0.5, 0.6) is 0 Å². The minimum atomic E-state index is -0.849. The first-order valence-electron chi connectivity index (χ1n) is 5.34. The zero-order valence-corrected chi connectivity index (χ0v) is 10.1. The van der Waals surface area contributed by atoms with Crippen LogP contribution in [0.1, 0.15) is 59.3 Å². The number of hydrogen-bond donors (Lipinski definition) is 0. The van der Waals surface area contributed by atoms with Gasteiger partial charge in [-0.25, -0.2) is 0 Å². The monoisotopic (exact) mass is 192 g/mol. The van der Waals surface area contributed by atoms with Gasteiger partial charge in [-0.05, 0) is 19.3 Å². The molecule has 2 nitrogen and oxygen atoms in total. The molecule has 0 aliphatic carbocycles. The van der Waals surface area contributed by atoms with E-state index in [-0.39, 0.29) is 18.9 Å². The zero-order chi connectivity index (χ0) is 10.3. The summed E-state index contributed by atoms with van der Waals surface area (Å²) in [5.41, 5.74) is -0.543. The SMILES string of the molecule is CCCC(CCC)(CCC)C(=O)[O-].[Li+]. The van der Waals surface area contributed by atoms with E-state index in [0.29, 0.717) is 0 Å². The van der Waals surface area contributed by atoms with Crippen molar-refractivity contribution in [1.82, 2.24) is 0 Å². The summed E-state index contributed by atoms with van der Waals surface area (Å²) in [4.78, 5) is 11.1. The topological polar surface area (TPSA) is 40.1 Å². The molecule has 0 fully saturated rings. The predicted octanol–water partition coefficient (Wildman–Crippen LogP) is -0.873. The van der Waals surface area contributed by atoms with Gasteiger partial charge in [0.2, 0.25) is 0 Å². The largest absolute Gasteiger partial charge is 1.00 e. The molecule has 78 valence electrons. The van der Waals surface area contributed by atoms with Crippen molar-refractivity contribution in [3.05, 3.63) is 0 Å². The molecule has 0 radical (unpaired) electrons. The zero-order valence-electron chi connectivity index (χ0n) is 10.1. The van der Waals surface area contributed by atoms with Crippen molar-refractivity contribution < 1.29 is 28.8 Å². The van der Waals surface area contributed by atoms with E-state index in [0.717, 1.165) is 38.5 Å². The molecule has 0 aromatic carbocycles. The summed E-state index contributed by atoms with van der Waals surface area (Å²) in [6.07, 6.45) is 5.06. The molecular formula is C11H21LiO2. The molecule has 0 atom stereocenters. The molecule has 0 spiro atoms. The molecule has 0 aromatic heterocycles. The molecule has 0 heterocycles. The average molecular weight is 192 g/mol. The first-order valence-corrected chi connectivity index (χ1v) is 5.34. The Morgan fingerprint density at radius 1 is 1.00 bits per heavy atom. The third-order valence-corrected chi connectivity index (χ3v) is 2.62. The van der Waals surface area contributed by atoms with E-state index in [1.807, 2.05) is 20.8 Å². The number of carbonyl (C=O) groups is 1. The van der Waals surface area contributed by atoms with Gasteiger partial charge in [0.05, 0.1) is 0 Å². The van der Waals surface area contributed by atoms with E-state index < -0.39 is 11.4 Å². The summed E-state index contributed by atoms with van der Waals surface area (Å²) < 4.78 is 0. The second-order valence-corrected chi connectivity index (χ2v) is 3.82. The van der Waals surface area contributed by atoms with Crippen molar-refractivity contribution >= 4 is 5.97 Å². The van der Waals surface area contributed by atoms with Crippen LogP contribution in [0, 0.1) is 5.41 Å². The molecule has 0 amide bonds. The standard InChI is InChI=1S/C11H22O2.Li/c1-4-7-11(8-5-2,9-6-3)10(12)13;/h4-9H2,1-3H3,(H,12,13);/q;+1/p-1. The van der Waals surface area contributed by atoms with Gasteiger partial charge in [0.25, 0.3) is 0 Å². The molecule has 0 saturated carbocycles. The smallest absolute Gasteiger partial charge is 0.550 e. The minimum absolute atomic E-state index is 0. The van der Waals surface area contributed by atoms with Gasteiger partial charge in [-0.2, -0.15) is 0 Å². The second-order valence-electron chi connectivity index (χ2n) is 3.82. The van der Waals surface area contributed by atoms with Crippen molar-refractivity contribution in [3.63, 3.8) is 0 Å². The van der Waals surface area contributed by atoms with Gasteiger partial charge >= 0.3 is 18.9 Å². The summed E-state index contributed by atoms with van der Waals surface area (Å²) in [7, 11) is 0. The third kappa shape index (κ3) is 4.53. The van der Waals surface area contributed by atoms with Crippen molar-refractivity contribution in [1.29, 1.82) is 0 Å². The third-order valence-electron chi connectivity index (χ3n) is 2.62. The molecule has 0 unspecified atom stereocenters. The Balaban J connectivity index is 0. The molecule has 0 aromatic rings. The maximum Gasteiger partial charge on any atom is 1.00 e. The Morgan fingerprint density at radius 3 is 1.43 bits per heavy atom. The van der Waals surface area contributed by atoms with Gasteiger partial charge < -0.3 is 9.90 Å². The van der Waals surface area contributed by atoms with Gasteiger partial charge in [0, 0.05) is 11.4 Å². The van der Waals surface area contributed by atoms with Crippen LogP contribution in [0.3, 0.4) is 0 Å². The summed E-state index contributed by atoms with van der Waals surface area (Å²) >= 11 is 0. The van der Waals surface area contributed by atoms with Crippen molar-refractivity contribution in [3.8, 4) is 0 Å². The van der Waals surface area contributed by atoms with E-state index in [2.05, 4.69) is 0 Å². The first kappa shape index (κ1) is 16.5. The van der Waals surface area contributed by atoms with Crippen LogP contribution >= 0.6 is 0 Å². The first-order chi connectivity index (χ1) is 6.13. The molecule has 3 heteroatoms. The van der Waals surface area contributed by atoms with Gasteiger partial charge in [-0.3, -0.25) is 0 Å². The number of rotatable bonds is 7. The van der Waals surface area contributed by atoms with Crippen LogP contribution in [0.4, 0.5) is 0 Å². The molecule has 0 saturated heterocycles. The van der Waals surface area contributed by atoms with Crippen molar-refractivity contribution in [2.45, 2.75) is 59.3 Å². The quantitative estimate of drug-likeness (QED) is 0.492. The molecule has 0 rings (SSSR count). The van der Waals surface area contributed by atoms with E-state index in [4.69, 9.17) is 0 Å².